The summed E-state index contributed by atoms with van der Waals surface area (Å²) in [5.41, 5.74) is 3.14. The molecule has 0 amide bonds. The average Bonchev–Trinajstić information content (AvgIpc) is 3.54. The predicted molar refractivity (Wildman–Crippen MR) is 120 cm³/mol. The molecule has 0 radical (unpaired) electrons. The van der Waals surface area contributed by atoms with E-state index in [9.17, 15) is 15.3 Å². The summed E-state index contributed by atoms with van der Waals surface area (Å²) in [5, 5.41) is 40.2. The van der Waals surface area contributed by atoms with Gasteiger partial charge in [-0.25, -0.2) is 14.6 Å². The number of thiazole rings is 2. The fourth-order valence-electron chi connectivity index (χ4n) is 3.67. The van der Waals surface area contributed by atoms with Crippen molar-refractivity contribution in [2.75, 3.05) is 13.7 Å². The van der Waals surface area contributed by atoms with Gasteiger partial charge < -0.3 is 24.8 Å². The second kappa shape index (κ2) is 9.02. The molecule has 32 heavy (non-hydrogen) atoms. The number of methoxy groups -OCH3 is 1. The van der Waals surface area contributed by atoms with Gasteiger partial charge in [0.2, 0.25) is 0 Å². The molecule has 1 aliphatic heterocycles. The van der Waals surface area contributed by atoms with Crippen molar-refractivity contribution >= 4 is 44.7 Å². The summed E-state index contributed by atoms with van der Waals surface area (Å²) in [6.07, 6.45) is -0.858. The predicted octanol–water partition coefficient (Wildman–Crippen LogP) is 2.14. The lowest BCUT2D eigenvalue weighted by atomic mass is 9.97. The second-order valence-electron chi connectivity index (χ2n) is 7.11. The fraction of sp³-hybridized carbons (Fsp3) is 0.368. The standard InChI is InChI=1S/C19H19N5O5S3/c1-28-17-15(24-5-11(22-23-24)12-7-30-19(27)21-12)16(26)13(6-25)29-18(17)32-9-2-3-10-14(4-9)31-8-20-10/h2-5,7-8,13,15-18,25-26H,6H2,1H3,(H,21,27)/t13?,15?,16-,17?,18+/m0/s1. The van der Waals surface area contributed by atoms with Crippen LogP contribution in [0.3, 0.4) is 0 Å². The van der Waals surface area contributed by atoms with Crippen LogP contribution < -0.4 is 0 Å². The van der Waals surface area contributed by atoms with Gasteiger partial charge in [-0.05, 0) is 18.2 Å². The number of ether oxygens (including phenoxy) is 2. The minimum Gasteiger partial charge on any atom is -0.486 e. The molecule has 0 saturated carbocycles. The number of hydrogen-bond donors (Lipinski definition) is 3. The van der Waals surface area contributed by atoms with E-state index in [2.05, 4.69) is 20.3 Å². The van der Waals surface area contributed by atoms with Crippen LogP contribution in [0.5, 0.6) is 5.19 Å². The molecule has 5 atom stereocenters. The number of aromatic nitrogens is 5. The lowest BCUT2D eigenvalue weighted by Crippen LogP contribution is -2.55. The van der Waals surface area contributed by atoms with Crippen molar-refractivity contribution in [1.29, 1.82) is 0 Å². The van der Waals surface area contributed by atoms with Crippen LogP contribution >= 0.6 is 34.4 Å². The topological polar surface area (TPSA) is 136 Å². The molecule has 4 aromatic rings. The quantitative estimate of drug-likeness (QED) is 0.366. The molecule has 4 heterocycles. The first-order valence-corrected chi connectivity index (χ1v) is 12.2. The smallest absolute Gasteiger partial charge is 0.271 e. The Kier molecular flexibility index (Phi) is 6.11. The number of aliphatic hydroxyl groups is 2. The maximum Gasteiger partial charge on any atom is 0.271 e. The van der Waals surface area contributed by atoms with Crippen molar-refractivity contribution in [1.82, 2.24) is 25.0 Å². The zero-order valence-electron chi connectivity index (χ0n) is 16.7. The lowest BCUT2D eigenvalue weighted by Gasteiger charge is -2.43. The Morgan fingerprint density at radius 2 is 2.16 bits per heavy atom. The van der Waals surface area contributed by atoms with Crippen molar-refractivity contribution in [2.24, 2.45) is 0 Å². The van der Waals surface area contributed by atoms with Gasteiger partial charge in [-0.3, -0.25) is 0 Å². The van der Waals surface area contributed by atoms with E-state index in [4.69, 9.17) is 9.47 Å². The molecule has 13 heteroatoms. The molecular formula is C19H19N5O5S3. The van der Waals surface area contributed by atoms with Crippen LogP contribution in [0.2, 0.25) is 0 Å². The van der Waals surface area contributed by atoms with Crippen LogP contribution in [-0.4, -0.2) is 77.7 Å². The first kappa shape index (κ1) is 21.7. The van der Waals surface area contributed by atoms with Crippen molar-refractivity contribution < 1.29 is 24.8 Å². The largest absolute Gasteiger partial charge is 0.486 e. The summed E-state index contributed by atoms with van der Waals surface area (Å²) in [6.45, 7) is -0.361. The van der Waals surface area contributed by atoms with Gasteiger partial charge in [-0.2, -0.15) is 0 Å². The molecule has 0 bridgehead atoms. The van der Waals surface area contributed by atoms with Crippen LogP contribution in [0.25, 0.3) is 21.6 Å². The average molecular weight is 494 g/mol. The zero-order valence-corrected chi connectivity index (χ0v) is 19.1. The number of fused-ring (bicyclic) bond motifs is 1. The first-order chi connectivity index (χ1) is 15.6. The number of aliphatic hydroxyl groups excluding tert-OH is 2. The SMILES string of the molecule is COC1C(n2cc(-c3csc(O)n3)nn2)[C@@H](O)C(CO)O[C@@H]1Sc1ccc2ncsc2c1. The fourth-order valence-corrected chi connectivity index (χ4v) is 6.21. The van der Waals surface area contributed by atoms with E-state index < -0.39 is 29.8 Å². The van der Waals surface area contributed by atoms with E-state index >= 15 is 0 Å². The van der Waals surface area contributed by atoms with Crippen LogP contribution in [0.4, 0.5) is 0 Å². The number of benzene rings is 1. The molecule has 10 nitrogen and oxygen atoms in total. The Morgan fingerprint density at radius 3 is 2.91 bits per heavy atom. The lowest BCUT2D eigenvalue weighted by molar-refractivity contribution is -0.186. The third kappa shape index (κ3) is 4.01. The van der Waals surface area contributed by atoms with Crippen LogP contribution in [0.1, 0.15) is 6.04 Å². The maximum atomic E-state index is 10.9. The third-order valence-electron chi connectivity index (χ3n) is 5.22. The van der Waals surface area contributed by atoms with Gasteiger partial charge in [0.1, 0.15) is 41.2 Å². The Labute approximate surface area is 194 Å². The van der Waals surface area contributed by atoms with Crippen molar-refractivity contribution in [2.45, 2.75) is 34.7 Å². The monoisotopic (exact) mass is 493 g/mol. The number of hydrogen-bond acceptors (Lipinski definition) is 12. The van der Waals surface area contributed by atoms with Gasteiger partial charge in [0, 0.05) is 17.4 Å². The molecule has 1 fully saturated rings. The molecule has 3 unspecified atom stereocenters. The van der Waals surface area contributed by atoms with Crippen molar-refractivity contribution in [3.8, 4) is 16.6 Å². The molecule has 1 saturated heterocycles. The van der Waals surface area contributed by atoms with Crippen LogP contribution in [-0.2, 0) is 9.47 Å². The molecule has 3 aromatic heterocycles. The van der Waals surface area contributed by atoms with Gasteiger partial charge >= 0.3 is 0 Å². The van der Waals surface area contributed by atoms with E-state index in [1.165, 1.54) is 16.4 Å². The summed E-state index contributed by atoms with van der Waals surface area (Å²) in [5.74, 6) is 0. The molecular weight excluding hydrogens is 474 g/mol. The van der Waals surface area contributed by atoms with Crippen molar-refractivity contribution in [3.05, 3.63) is 35.3 Å². The molecule has 0 spiro atoms. The number of nitrogens with zero attached hydrogens (tertiary/aromatic N) is 5. The van der Waals surface area contributed by atoms with E-state index in [1.807, 2.05) is 18.2 Å². The third-order valence-corrected chi connectivity index (χ3v) is 7.79. The molecule has 3 N–H and O–H groups in total. The normalized spacial score (nSPS) is 26.0. The van der Waals surface area contributed by atoms with Gasteiger partial charge in [0.25, 0.3) is 5.19 Å². The minimum atomic E-state index is -1.08. The highest BCUT2D eigenvalue weighted by Gasteiger charge is 2.47. The molecule has 1 aromatic carbocycles. The van der Waals surface area contributed by atoms with E-state index in [0.29, 0.717) is 11.4 Å². The van der Waals surface area contributed by atoms with Crippen LogP contribution in [0, 0.1) is 0 Å². The van der Waals surface area contributed by atoms with Crippen LogP contribution in [0.15, 0.2) is 40.2 Å². The number of rotatable bonds is 6. The van der Waals surface area contributed by atoms with Crippen molar-refractivity contribution in [3.63, 3.8) is 0 Å². The Balaban J connectivity index is 1.45. The van der Waals surface area contributed by atoms with Gasteiger partial charge in [0.15, 0.2) is 0 Å². The van der Waals surface area contributed by atoms with Gasteiger partial charge in [-0.15, -0.1) is 16.4 Å². The first-order valence-electron chi connectivity index (χ1n) is 9.61. The number of aromatic hydroxyl groups is 1. The highest BCUT2D eigenvalue weighted by Crippen LogP contribution is 2.40. The van der Waals surface area contributed by atoms with E-state index in [1.54, 1.807) is 35.5 Å². The highest BCUT2D eigenvalue weighted by atomic mass is 32.2. The molecule has 168 valence electrons. The Bertz CT molecular complexity index is 1210. The molecule has 1 aliphatic rings. The summed E-state index contributed by atoms with van der Waals surface area (Å²) >= 11 is 4.09. The summed E-state index contributed by atoms with van der Waals surface area (Å²) < 4.78 is 14.3. The van der Waals surface area contributed by atoms with Gasteiger partial charge in [0.05, 0.1) is 28.5 Å². The van der Waals surface area contributed by atoms with E-state index in [-0.39, 0.29) is 11.8 Å². The highest BCUT2D eigenvalue weighted by molar-refractivity contribution is 7.99. The second-order valence-corrected chi connectivity index (χ2v) is 10.0. The molecule has 5 rings (SSSR count). The van der Waals surface area contributed by atoms with Gasteiger partial charge in [-0.1, -0.05) is 28.3 Å². The Hall–Kier alpha value is -2.13. The summed E-state index contributed by atoms with van der Waals surface area (Å²) in [7, 11) is 1.54. The summed E-state index contributed by atoms with van der Waals surface area (Å²) in [6, 6.07) is 5.27. The summed E-state index contributed by atoms with van der Waals surface area (Å²) in [4.78, 5) is 9.27. The Morgan fingerprint density at radius 1 is 1.28 bits per heavy atom. The molecule has 0 aliphatic carbocycles. The maximum absolute atomic E-state index is 10.9. The van der Waals surface area contributed by atoms with E-state index in [0.717, 1.165) is 26.4 Å². The number of thioether (sulfide) groups is 1. The zero-order chi connectivity index (χ0) is 22.2. The minimum absolute atomic E-state index is 0.0647.